The lowest BCUT2D eigenvalue weighted by atomic mass is 9.84. The molecule has 0 fully saturated rings. The van der Waals surface area contributed by atoms with Gasteiger partial charge in [-0.2, -0.15) is 0 Å². The van der Waals surface area contributed by atoms with E-state index in [9.17, 15) is 13.2 Å². The maximum Gasteiger partial charge on any atom is 0.204 e. The van der Waals surface area contributed by atoms with Crippen molar-refractivity contribution < 1.29 is 13.2 Å². The van der Waals surface area contributed by atoms with E-state index in [0.717, 1.165) is 77.2 Å². The molecule has 5 nitrogen and oxygen atoms in total. The van der Waals surface area contributed by atoms with Gasteiger partial charge in [0, 0.05) is 38.5 Å². The molecule has 1 unspecified atom stereocenters. The van der Waals surface area contributed by atoms with Crippen molar-refractivity contribution in [2.45, 2.75) is 11.3 Å². The normalized spacial score (nSPS) is 16.3. The lowest BCUT2D eigenvalue weighted by Gasteiger charge is -2.29. The predicted octanol–water partition coefficient (Wildman–Crippen LogP) is 11.5. The summed E-state index contributed by atoms with van der Waals surface area (Å²) in [5, 5.41) is 4.43. The number of aromatic nitrogens is 2. The van der Waals surface area contributed by atoms with E-state index in [-0.39, 0.29) is 21.1 Å². The molecular weight excluding hydrogens is 697 g/mol. The van der Waals surface area contributed by atoms with Gasteiger partial charge in [0.1, 0.15) is 0 Å². The van der Waals surface area contributed by atoms with Crippen LogP contribution in [0.15, 0.2) is 186 Å². The summed E-state index contributed by atoms with van der Waals surface area (Å²) in [5.41, 5.74) is 10.4. The van der Waals surface area contributed by atoms with Gasteiger partial charge in [0.15, 0.2) is 5.78 Å². The first-order valence-electron chi connectivity index (χ1n) is 18.5. The molecule has 0 saturated carbocycles. The van der Waals surface area contributed by atoms with Crippen LogP contribution in [-0.2, 0) is 9.84 Å². The Labute approximate surface area is 317 Å². The Morgan fingerprint density at radius 1 is 0.473 bits per heavy atom. The summed E-state index contributed by atoms with van der Waals surface area (Å²) in [6.07, 6.45) is 3.86. The number of carbonyl (C=O) groups excluding carboxylic acids is 1. The van der Waals surface area contributed by atoms with Gasteiger partial charge in [0.25, 0.3) is 0 Å². The third-order valence-electron chi connectivity index (χ3n) is 11.5. The molecule has 2 aliphatic rings. The van der Waals surface area contributed by atoms with Gasteiger partial charge >= 0.3 is 0 Å². The van der Waals surface area contributed by atoms with Crippen molar-refractivity contribution in [1.29, 1.82) is 0 Å². The van der Waals surface area contributed by atoms with E-state index < -0.39 is 15.8 Å². The number of allylic oxidation sites excluding steroid dienone is 4. The SMILES string of the molecule is O=C1c2ccc(-c3ccc4c(c3)c3ccccc3n4-c3ccccc3)cc2S(=O)(=O)C2=CC=C(c3ccc4c(c3)c3ccccc3n4-c3ccccc3)CC12. The number of benzene rings is 7. The highest BCUT2D eigenvalue weighted by Gasteiger charge is 2.43. The molecule has 1 aliphatic carbocycles. The second kappa shape index (κ2) is 11.9. The molecule has 11 rings (SSSR count). The predicted molar refractivity (Wildman–Crippen MR) is 223 cm³/mol. The summed E-state index contributed by atoms with van der Waals surface area (Å²) < 4.78 is 33.2. The number of para-hydroxylation sites is 4. The molecule has 1 atom stereocenters. The van der Waals surface area contributed by atoms with Crippen LogP contribution in [0.2, 0.25) is 0 Å². The second-order valence-electron chi connectivity index (χ2n) is 14.4. The summed E-state index contributed by atoms with van der Waals surface area (Å²) in [6, 6.07) is 55.2. The lowest BCUT2D eigenvalue weighted by molar-refractivity contribution is 0.0938. The van der Waals surface area contributed by atoms with E-state index in [4.69, 9.17) is 0 Å². The number of sulfone groups is 1. The first-order chi connectivity index (χ1) is 27.0. The van der Waals surface area contributed by atoms with E-state index in [1.807, 2.05) is 66.7 Å². The maximum absolute atomic E-state index is 14.4. The van der Waals surface area contributed by atoms with Gasteiger partial charge in [-0.15, -0.1) is 0 Å². The van der Waals surface area contributed by atoms with Crippen LogP contribution in [0.5, 0.6) is 0 Å². The van der Waals surface area contributed by atoms with Gasteiger partial charge in [0.2, 0.25) is 9.84 Å². The molecule has 262 valence electrons. The molecule has 0 saturated heterocycles. The molecule has 1 aliphatic heterocycles. The molecule has 0 N–H and O–H groups in total. The fourth-order valence-electron chi connectivity index (χ4n) is 8.88. The van der Waals surface area contributed by atoms with Crippen LogP contribution >= 0.6 is 0 Å². The second-order valence-corrected chi connectivity index (χ2v) is 16.4. The average Bonchev–Trinajstić information content (AvgIpc) is 3.75. The molecule has 2 aromatic heterocycles. The van der Waals surface area contributed by atoms with Gasteiger partial charge in [-0.3, -0.25) is 4.79 Å². The Hall–Kier alpha value is -6.76. The fraction of sp³-hybridized carbons (Fsp3) is 0.0408. The molecule has 0 amide bonds. The third-order valence-corrected chi connectivity index (χ3v) is 13.4. The summed E-state index contributed by atoms with van der Waals surface area (Å²) in [4.78, 5) is 14.5. The molecule has 0 spiro atoms. The van der Waals surface area contributed by atoms with Crippen molar-refractivity contribution in [3.63, 3.8) is 0 Å². The Balaban J connectivity index is 0.984. The van der Waals surface area contributed by atoms with E-state index in [1.54, 1.807) is 18.2 Å². The Kier molecular flexibility index (Phi) is 6.85. The minimum absolute atomic E-state index is 0.0799. The van der Waals surface area contributed by atoms with Crippen LogP contribution < -0.4 is 0 Å². The minimum atomic E-state index is -3.92. The fourth-order valence-corrected chi connectivity index (χ4v) is 10.7. The summed E-state index contributed by atoms with van der Waals surface area (Å²) in [7, 11) is -3.92. The number of hydrogen-bond acceptors (Lipinski definition) is 3. The van der Waals surface area contributed by atoms with Crippen molar-refractivity contribution >= 4 is 64.8 Å². The molecule has 9 aromatic rings. The number of nitrogens with zero attached hydrogens (tertiary/aromatic N) is 2. The molecule has 3 heterocycles. The Morgan fingerprint density at radius 2 is 0.964 bits per heavy atom. The Bertz CT molecular complexity index is 3260. The van der Waals surface area contributed by atoms with Gasteiger partial charge in [-0.05, 0) is 108 Å². The summed E-state index contributed by atoms with van der Waals surface area (Å²) in [5.74, 6) is -0.929. The Morgan fingerprint density at radius 3 is 1.58 bits per heavy atom. The van der Waals surface area contributed by atoms with Gasteiger partial charge in [-0.25, -0.2) is 8.42 Å². The topological polar surface area (TPSA) is 61.1 Å². The minimum Gasteiger partial charge on any atom is -0.309 e. The van der Waals surface area contributed by atoms with Crippen molar-refractivity contribution in [2.24, 2.45) is 5.92 Å². The van der Waals surface area contributed by atoms with Crippen molar-refractivity contribution in [3.05, 3.63) is 192 Å². The molecule has 55 heavy (non-hydrogen) atoms. The maximum atomic E-state index is 14.4. The van der Waals surface area contributed by atoms with Gasteiger partial charge in [0.05, 0.1) is 37.8 Å². The van der Waals surface area contributed by atoms with Crippen molar-refractivity contribution in [3.8, 4) is 22.5 Å². The first kappa shape index (κ1) is 31.7. The van der Waals surface area contributed by atoms with E-state index in [2.05, 4.69) is 100 Å². The zero-order valence-corrected chi connectivity index (χ0v) is 30.4. The van der Waals surface area contributed by atoms with E-state index in [1.165, 1.54) is 0 Å². The third kappa shape index (κ3) is 4.71. The number of fused-ring (bicyclic) bond motifs is 8. The van der Waals surface area contributed by atoms with Crippen molar-refractivity contribution in [2.75, 3.05) is 0 Å². The largest absolute Gasteiger partial charge is 0.309 e. The molecule has 0 bridgehead atoms. The quantitative estimate of drug-likeness (QED) is 0.181. The standard InChI is InChI=1S/C49H32N2O3S/c52-49-39-23-19-34(32-21-25-46-41(28-32)38-16-8-10-18-44(38)51(46)36-13-5-2-6-14-36)30-48(39)55(53,54)47-26-22-33(29-42(47)49)31-20-24-45-40(27-31)37-15-7-9-17-43(37)50(45)35-11-3-1-4-12-35/h1-28,30,42H,29H2. The average molecular weight is 729 g/mol. The van der Waals surface area contributed by atoms with E-state index in [0.29, 0.717) is 6.42 Å². The number of carbonyl (C=O) groups is 1. The van der Waals surface area contributed by atoms with Crippen LogP contribution in [0.3, 0.4) is 0 Å². The number of rotatable bonds is 4. The monoisotopic (exact) mass is 728 g/mol. The highest BCUT2D eigenvalue weighted by atomic mass is 32.2. The molecule has 0 radical (unpaired) electrons. The van der Waals surface area contributed by atoms with Crippen LogP contribution in [-0.4, -0.2) is 23.3 Å². The number of ketones is 1. The van der Waals surface area contributed by atoms with Crippen LogP contribution in [0.4, 0.5) is 0 Å². The lowest BCUT2D eigenvalue weighted by Crippen LogP contribution is -2.31. The van der Waals surface area contributed by atoms with Gasteiger partial charge in [-0.1, -0.05) is 97.1 Å². The first-order valence-corrected chi connectivity index (χ1v) is 20.0. The number of hydrogen-bond donors (Lipinski definition) is 0. The highest BCUT2D eigenvalue weighted by Crippen LogP contribution is 2.45. The summed E-state index contributed by atoms with van der Waals surface area (Å²) in [6.45, 7) is 0. The molecular formula is C49H32N2O3S. The van der Waals surface area contributed by atoms with Crippen LogP contribution in [0, 0.1) is 5.92 Å². The van der Waals surface area contributed by atoms with Gasteiger partial charge < -0.3 is 9.13 Å². The summed E-state index contributed by atoms with van der Waals surface area (Å²) >= 11 is 0. The van der Waals surface area contributed by atoms with Crippen LogP contribution in [0.25, 0.3) is 71.7 Å². The van der Waals surface area contributed by atoms with Crippen molar-refractivity contribution in [1.82, 2.24) is 9.13 Å². The molecule has 6 heteroatoms. The van der Waals surface area contributed by atoms with E-state index >= 15 is 0 Å². The zero-order chi connectivity index (χ0) is 36.8. The smallest absolute Gasteiger partial charge is 0.204 e. The zero-order valence-electron chi connectivity index (χ0n) is 29.6. The van der Waals surface area contributed by atoms with Crippen LogP contribution in [0.1, 0.15) is 22.3 Å². The highest BCUT2D eigenvalue weighted by molar-refractivity contribution is 7.95. The number of Topliss-reactive ketones (excluding diaryl/α,β-unsaturated/α-hetero) is 1. The molecule has 7 aromatic carbocycles.